The van der Waals surface area contributed by atoms with E-state index in [1.165, 1.54) is 57.8 Å². The molecule has 7 N–H and O–H groups in total. The molecule has 0 bridgehead atoms. The number of nitrogens with one attached hydrogen (secondary N) is 2. The fourth-order valence-electron chi connectivity index (χ4n) is 5.00. The summed E-state index contributed by atoms with van der Waals surface area (Å²) < 4.78 is 5.52. The molecule has 1 saturated heterocycles. The van der Waals surface area contributed by atoms with E-state index in [1.807, 2.05) is 19.0 Å². The van der Waals surface area contributed by atoms with Crippen molar-refractivity contribution in [2.24, 2.45) is 0 Å². The van der Waals surface area contributed by atoms with Gasteiger partial charge in [-0.15, -0.1) is 0 Å². The van der Waals surface area contributed by atoms with Crippen molar-refractivity contribution in [1.29, 1.82) is 0 Å². The van der Waals surface area contributed by atoms with E-state index in [1.54, 1.807) is 0 Å². The number of hydrogen-bond donors (Lipinski definition) is 7. The van der Waals surface area contributed by atoms with Crippen molar-refractivity contribution in [3.63, 3.8) is 0 Å². The lowest BCUT2D eigenvalue weighted by molar-refractivity contribution is -0.287. The topological polar surface area (TPSA) is 172 Å². The lowest BCUT2D eigenvalue weighted by Gasteiger charge is -2.45. The van der Waals surface area contributed by atoms with E-state index in [0.29, 0.717) is 13.0 Å². The maximum Gasteiger partial charge on any atom is 0.280 e. The van der Waals surface area contributed by atoms with Crippen molar-refractivity contribution in [3.05, 3.63) is 0 Å². The Kier molecular flexibility index (Phi) is 18.8. The summed E-state index contributed by atoms with van der Waals surface area (Å²) in [5.74, 6) is -3.75. The lowest BCUT2D eigenvalue weighted by Crippen LogP contribution is -2.68. The SMILES string of the molecule is CCCCCCCCCCCCCCCC(=O)N[C@H]1[C@H]([C@H](O)[C@H](O)CO)OC(O)(C(=O)NCCN(C)C)C[C@@H]1O. The van der Waals surface area contributed by atoms with Gasteiger partial charge in [-0.3, -0.25) is 9.59 Å². The molecule has 0 aliphatic carbocycles. The van der Waals surface area contributed by atoms with Crippen molar-refractivity contribution in [2.75, 3.05) is 33.8 Å². The second-order valence-corrected chi connectivity index (χ2v) is 11.5. The monoisotopic (exact) mass is 575 g/mol. The molecule has 2 amide bonds. The summed E-state index contributed by atoms with van der Waals surface area (Å²) in [7, 11) is 3.63. The molecule has 0 aromatic carbocycles. The molecular formula is C29H57N3O8. The van der Waals surface area contributed by atoms with Crippen molar-refractivity contribution in [3.8, 4) is 0 Å². The van der Waals surface area contributed by atoms with E-state index in [0.717, 1.165) is 19.3 Å². The van der Waals surface area contributed by atoms with Gasteiger partial charge in [-0.2, -0.15) is 0 Å². The minimum atomic E-state index is -2.48. The molecular weight excluding hydrogens is 518 g/mol. The largest absolute Gasteiger partial charge is 0.394 e. The van der Waals surface area contributed by atoms with Gasteiger partial charge in [-0.25, -0.2) is 0 Å². The molecule has 0 aromatic rings. The van der Waals surface area contributed by atoms with Crippen LogP contribution in [0.3, 0.4) is 0 Å². The number of nitrogens with zero attached hydrogens (tertiary/aromatic N) is 1. The zero-order valence-corrected chi connectivity index (χ0v) is 25.0. The van der Waals surface area contributed by atoms with Gasteiger partial charge in [-0.05, 0) is 20.5 Å². The van der Waals surface area contributed by atoms with Crippen LogP contribution >= 0.6 is 0 Å². The van der Waals surface area contributed by atoms with Crippen LogP contribution in [0.1, 0.15) is 103 Å². The molecule has 1 rings (SSSR count). The highest BCUT2D eigenvalue weighted by atomic mass is 16.6. The quantitative estimate of drug-likeness (QED) is 0.0936. The smallest absolute Gasteiger partial charge is 0.280 e. The van der Waals surface area contributed by atoms with Crippen LogP contribution in [0.15, 0.2) is 0 Å². The average molecular weight is 576 g/mol. The normalized spacial score (nSPS) is 24.6. The predicted octanol–water partition coefficient (Wildman–Crippen LogP) is 1.18. The summed E-state index contributed by atoms with van der Waals surface area (Å²) in [6.07, 6.45) is 8.65. The van der Waals surface area contributed by atoms with E-state index >= 15 is 0 Å². The van der Waals surface area contributed by atoms with Gasteiger partial charge < -0.3 is 45.8 Å². The number of ether oxygens (including phenoxy) is 1. The first-order valence-corrected chi connectivity index (χ1v) is 15.3. The Labute approximate surface area is 240 Å². The van der Waals surface area contributed by atoms with Crippen molar-refractivity contribution < 1.29 is 39.9 Å². The van der Waals surface area contributed by atoms with Gasteiger partial charge >= 0.3 is 0 Å². The first-order valence-electron chi connectivity index (χ1n) is 15.3. The number of unbranched alkanes of at least 4 members (excludes halogenated alkanes) is 12. The van der Waals surface area contributed by atoms with Gasteiger partial charge in [0.25, 0.3) is 5.91 Å². The number of aliphatic hydroxyl groups is 5. The fourth-order valence-corrected chi connectivity index (χ4v) is 5.00. The summed E-state index contributed by atoms with van der Waals surface area (Å²) in [5, 5.41) is 56.7. The number of likely N-dealkylation sites (N-methyl/N-ethyl adjacent to an activating group) is 1. The summed E-state index contributed by atoms with van der Waals surface area (Å²) >= 11 is 0. The summed E-state index contributed by atoms with van der Waals surface area (Å²) in [6, 6.07) is -1.19. The third-order valence-corrected chi connectivity index (χ3v) is 7.54. The van der Waals surface area contributed by atoms with E-state index in [9.17, 15) is 35.1 Å². The number of hydrogen-bond acceptors (Lipinski definition) is 9. The third kappa shape index (κ3) is 14.0. The van der Waals surface area contributed by atoms with Crippen LogP contribution in [0.2, 0.25) is 0 Å². The second kappa shape index (κ2) is 20.5. The van der Waals surface area contributed by atoms with Gasteiger partial charge in [0.2, 0.25) is 11.7 Å². The van der Waals surface area contributed by atoms with E-state index in [2.05, 4.69) is 17.6 Å². The van der Waals surface area contributed by atoms with Crippen molar-refractivity contribution >= 4 is 11.8 Å². The standard InChI is InChI=1S/C29H57N3O8/c1-4-5-6-7-8-9-10-11-12-13-14-15-16-17-24(36)31-25-22(34)20-29(39,28(38)30-18-19-32(2)3)40-27(25)26(37)23(35)21-33/h22-23,25-27,33-35,37,39H,4-21H2,1-3H3,(H,30,38)(H,31,36)/t22-,23+,25+,26+,27+,29?/m0/s1. The fraction of sp³-hybridized carbons (Fsp3) is 0.931. The molecule has 1 aliphatic rings. The minimum Gasteiger partial charge on any atom is -0.394 e. The summed E-state index contributed by atoms with van der Waals surface area (Å²) in [5.41, 5.74) is 0. The van der Waals surface area contributed by atoms with Gasteiger partial charge in [0, 0.05) is 25.9 Å². The Morgan fingerprint density at radius 1 is 0.950 bits per heavy atom. The number of carbonyl (C=O) groups excluding carboxylic acids is 2. The van der Waals surface area contributed by atoms with Gasteiger partial charge in [-0.1, -0.05) is 84.0 Å². The van der Waals surface area contributed by atoms with E-state index < -0.39 is 55.2 Å². The molecule has 0 radical (unpaired) electrons. The summed E-state index contributed by atoms with van der Waals surface area (Å²) in [6.45, 7) is 2.12. The van der Waals surface area contributed by atoms with Crippen molar-refractivity contribution in [2.45, 2.75) is 139 Å². The highest BCUT2D eigenvalue weighted by molar-refractivity contribution is 5.83. The zero-order chi connectivity index (χ0) is 30.0. The number of amides is 2. The van der Waals surface area contributed by atoms with Crippen LogP contribution < -0.4 is 10.6 Å². The van der Waals surface area contributed by atoms with E-state index in [4.69, 9.17) is 4.74 Å². The van der Waals surface area contributed by atoms with E-state index in [-0.39, 0.29) is 18.9 Å². The molecule has 0 aromatic heterocycles. The van der Waals surface area contributed by atoms with Crippen LogP contribution in [-0.2, 0) is 14.3 Å². The van der Waals surface area contributed by atoms with Crippen LogP contribution in [0.4, 0.5) is 0 Å². The van der Waals surface area contributed by atoms with Gasteiger partial charge in [0.15, 0.2) is 0 Å². The Balaban J connectivity index is 2.49. The highest BCUT2D eigenvalue weighted by Gasteiger charge is 2.53. The molecule has 1 aliphatic heterocycles. The molecule has 0 saturated carbocycles. The molecule has 1 unspecified atom stereocenters. The maximum absolute atomic E-state index is 12.6. The van der Waals surface area contributed by atoms with Crippen molar-refractivity contribution in [1.82, 2.24) is 15.5 Å². The molecule has 40 heavy (non-hydrogen) atoms. The van der Waals surface area contributed by atoms with Crippen LogP contribution in [-0.4, -0.2) is 112 Å². The first kappa shape index (κ1) is 36.7. The molecule has 0 spiro atoms. The number of rotatable bonds is 22. The second-order valence-electron chi connectivity index (χ2n) is 11.5. The number of carbonyl (C=O) groups is 2. The average Bonchev–Trinajstić information content (AvgIpc) is 2.91. The molecule has 11 nitrogen and oxygen atoms in total. The maximum atomic E-state index is 12.6. The number of aliphatic hydroxyl groups excluding tert-OH is 4. The van der Waals surface area contributed by atoms with Gasteiger partial charge in [0.05, 0.1) is 18.8 Å². The molecule has 11 heteroatoms. The Hall–Kier alpha value is -1.34. The van der Waals surface area contributed by atoms with Crippen LogP contribution in [0.25, 0.3) is 0 Å². The minimum absolute atomic E-state index is 0.208. The first-order chi connectivity index (χ1) is 19.1. The van der Waals surface area contributed by atoms with Gasteiger partial charge in [0.1, 0.15) is 18.3 Å². The third-order valence-electron chi connectivity index (χ3n) is 7.54. The molecule has 236 valence electrons. The Morgan fingerprint density at radius 3 is 1.98 bits per heavy atom. The molecule has 1 fully saturated rings. The lowest BCUT2D eigenvalue weighted by atomic mass is 9.88. The van der Waals surface area contributed by atoms with Crippen LogP contribution in [0, 0.1) is 0 Å². The Morgan fingerprint density at radius 2 is 1.48 bits per heavy atom. The predicted molar refractivity (Wildman–Crippen MR) is 153 cm³/mol. The highest BCUT2D eigenvalue weighted by Crippen LogP contribution is 2.30. The molecule has 1 heterocycles. The van der Waals surface area contributed by atoms with Crippen LogP contribution in [0.5, 0.6) is 0 Å². The zero-order valence-electron chi connectivity index (χ0n) is 25.0. The molecule has 6 atom stereocenters. The summed E-state index contributed by atoms with van der Waals surface area (Å²) in [4.78, 5) is 27.1. The Bertz CT molecular complexity index is 698.